The number of nitro groups is 1. The molecule has 1 N–H and O–H groups in total. The van der Waals surface area contributed by atoms with Crippen LogP contribution in [0.4, 0.5) is 27.6 Å². The summed E-state index contributed by atoms with van der Waals surface area (Å²) in [5, 5.41) is 12.8. The molecule has 0 aromatic heterocycles. The van der Waals surface area contributed by atoms with E-state index in [9.17, 15) is 32.1 Å². The van der Waals surface area contributed by atoms with Crippen LogP contribution >= 0.6 is 0 Å². The number of hydrogen-bond donors (Lipinski definition) is 1. The molecule has 1 atom stereocenters. The number of halogens is 5. The number of nitro benzene ring substituents is 1. The molecule has 1 heterocycles. The standard InChI is InChI=1S/C12H11F5N2O2/c13-6-11(12(16,17)2-1-3-18-11)8-4-7(19(20)21)5-9(14)10(8)15/h4-5,18H,1-3,6H2/t11-/m1/s1. The van der Waals surface area contributed by atoms with Crippen LogP contribution in [0.3, 0.4) is 0 Å². The zero-order valence-corrected chi connectivity index (χ0v) is 10.6. The number of benzene rings is 1. The fraction of sp³-hybridized carbons (Fsp3) is 0.500. The lowest BCUT2D eigenvalue weighted by Crippen LogP contribution is -2.61. The van der Waals surface area contributed by atoms with Gasteiger partial charge in [0.15, 0.2) is 11.6 Å². The predicted octanol–water partition coefficient (Wildman–Crippen LogP) is 3.06. The molecule has 0 spiro atoms. The van der Waals surface area contributed by atoms with Crippen molar-refractivity contribution in [1.82, 2.24) is 5.32 Å². The molecule has 0 radical (unpaired) electrons. The maximum absolute atomic E-state index is 14.1. The number of nitrogens with one attached hydrogen (secondary N) is 1. The van der Waals surface area contributed by atoms with E-state index in [0.717, 1.165) is 0 Å². The second-order valence-corrected chi connectivity index (χ2v) is 4.82. The second kappa shape index (κ2) is 5.21. The number of nitrogens with zero attached hydrogens (tertiary/aromatic N) is 1. The molecule has 1 fully saturated rings. The maximum Gasteiger partial charge on any atom is 0.272 e. The maximum atomic E-state index is 14.1. The van der Waals surface area contributed by atoms with Gasteiger partial charge in [-0.25, -0.2) is 22.0 Å². The van der Waals surface area contributed by atoms with Gasteiger partial charge in [0.1, 0.15) is 12.2 Å². The Balaban J connectivity index is 2.69. The molecule has 0 bridgehead atoms. The van der Waals surface area contributed by atoms with Crippen molar-refractivity contribution in [2.45, 2.75) is 24.3 Å². The summed E-state index contributed by atoms with van der Waals surface area (Å²) in [6.45, 7) is -1.76. The molecule has 4 nitrogen and oxygen atoms in total. The molecule has 1 aliphatic heterocycles. The Morgan fingerprint density at radius 2 is 2.00 bits per heavy atom. The van der Waals surface area contributed by atoms with Gasteiger partial charge < -0.3 is 5.32 Å². The van der Waals surface area contributed by atoms with Crippen molar-refractivity contribution in [2.75, 3.05) is 13.2 Å². The van der Waals surface area contributed by atoms with Crippen LogP contribution in [0, 0.1) is 21.7 Å². The molecule has 9 heteroatoms. The zero-order chi connectivity index (χ0) is 15.8. The second-order valence-electron chi connectivity index (χ2n) is 4.82. The van der Waals surface area contributed by atoms with Crippen molar-refractivity contribution in [3.63, 3.8) is 0 Å². The molecule has 1 aromatic carbocycles. The van der Waals surface area contributed by atoms with Gasteiger partial charge in [0.05, 0.1) is 11.0 Å². The fourth-order valence-electron chi connectivity index (χ4n) is 2.45. The van der Waals surface area contributed by atoms with E-state index in [4.69, 9.17) is 0 Å². The van der Waals surface area contributed by atoms with Gasteiger partial charge in [-0.05, 0) is 13.0 Å². The monoisotopic (exact) mass is 310 g/mol. The van der Waals surface area contributed by atoms with Crippen molar-refractivity contribution in [1.29, 1.82) is 0 Å². The van der Waals surface area contributed by atoms with Gasteiger partial charge in [-0.15, -0.1) is 0 Å². The van der Waals surface area contributed by atoms with Crippen molar-refractivity contribution < 1.29 is 26.9 Å². The molecule has 1 saturated heterocycles. The largest absolute Gasteiger partial charge is 0.300 e. The van der Waals surface area contributed by atoms with Gasteiger partial charge in [0.25, 0.3) is 11.6 Å². The van der Waals surface area contributed by atoms with Gasteiger partial charge >= 0.3 is 0 Å². The highest BCUT2D eigenvalue weighted by atomic mass is 19.3. The lowest BCUT2D eigenvalue weighted by atomic mass is 9.79. The first kappa shape index (κ1) is 15.6. The number of piperidine rings is 1. The molecule has 0 unspecified atom stereocenters. The van der Waals surface area contributed by atoms with Crippen LogP contribution in [0.5, 0.6) is 0 Å². The lowest BCUT2D eigenvalue weighted by molar-refractivity contribution is -0.385. The van der Waals surface area contributed by atoms with Crippen molar-refractivity contribution in [3.05, 3.63) is 39.4 Å². The summed E-state index contributed by atoms with van der Waals surface area (Å²) in [6.07, 6.45) is -0.707. The van der Waals surface area contributed by atoms with E-state index < -0.39 is 52.4 Å². The van der Waals surface area contributed by atoms with Gasteiger partial charge in [0.2, 0.25) is 0 Å². The third-order valence-corrected chi connectivity index (χ3v) is 3.60. The van der Waals surface area contributed by atoms with Crippen molar-refractivity contribution >= 4 is 5.69 Å². The van der Waals surface area contributed by atoms with Crippen LogP contribution in [0.2, 0.25) is 0 Å². The van der Waals surface area contributed by atoms with E-state index in [2.05, 4.69) is 5.32 Å². The minimum Gasteiger partial charge on any atom is -0.300 e. The quantitative estimate of drug-likeness (QED) is 0.530. The average Bonchev–Trinajstić information content (AvgIpc) is 2.42. The fourth-order valence-corrected chi connectivity index (χ4v) is 2.45. The topological polar surface area (TPSA) is 55.2 Å². The van der Waals surface area contributed by atoms with E-state index in [-0.39, 0.29) is 19.0 Å². The Morgan fingerprint density at radius 1 is 1.33 bits per heavy atom. The lowest BCUT2D eigenvalue weighted by Gasteiger charge is -2.43. The minimum absolute atomic E-state index is 0.0216. The summed E-state index contributed by atoms with van der Waals surface area (Å²) in [4.78, 5) is 9.61. The highest BCUT2D eigenvalue weighted by Crippen LogP contribution is 2.45. The van der Waals surface area contributed by atoms with Crippen LogP contribution in [0.15, 0.2) is 12.1 Å². The third-order valence-electron chi connectivity index (χ3n) is 3.60. The van der Waals surface area contributed by atoms with Crippen LogP contribution in [-0.2, 0) is 5.54 Å². The van der Waals surface area contributed by atoms with Gasteiger partial charge in [-0.1, -0.05) is 0 Å². The van der Waals surface area contributed by atoms with Crippen LogP contribution < -0.4 is 5.32 Å². The molecule has 1 aliphatic rings. The molecule has 21 heavy (non-hydrogen) atoms. The average molecular weight is 310 g/mol. The first-order valence-electron chi connectivity index (χ1n) is 6.08. The number of non-ortho nitro benzene ring substituents is 1. The molecule has 0 aliphatic carbocycles. The van der Waals surface area contributed by atoms with Gasteiger partial charge in [0, 0.05) is 18.1 Å². The van der Waals surface area contributed by atoms with Gasteiger partial charge in [-0.2, -0.15) is 0 Å². The van der Waals surface area contributed by atoms with Gasteiger partial charge in [-0.3, -0.25) is 10.1 Å². The normalized spacial score (nSPS) is 24.8. The van der Waals surface area contributed by atoms with Crippen LogP contribution in [0.1, 0.15) is 18.4 Å². The van der Waals surface area contributed by atoms with E-state index in [1.54, 1.807) is 0 Å². The molecule has 2 rings (SSSR count). The first-order valence-corrected chi connectivity index (χ1v) is 6.08. The summed E-state index contributed by atoms with van der Waals surface area (Å²) in [5.41, 5.74) is -4.79. The van der Waals surface area contributed by atoms with E-state index in [1.807, 2.05) is 0 Å². The van der Waals surface area contributed by atoms with Crippen LogP contribution in [-0.4, -0.2) is 24.1 Å². The number of hydrogen-bond acceptors (Lipinski definition) is 3. The molecule has 0 saturated carbocycles. The molecule has 1 aromatic rings. The Morgan fingerprint density at radius 3 is 2.52 bits per heavy atom. The zero-order valence-electron chi connectivity index (χ0n) is 10.6. The number of alkyl halides is 3. The molecular formula is C12H11F5N2O2. The van der Waals surface area contributed by atoms with Crippen molar-refractivity contribution in [2.24, 2.45) is 0 Å². The highest BCUT2D eigenvalue weighted by Gasteiger charge is 2.58. The molecule has 0 amide bonds. The SMILES string of the molecule is O=[N+]([O-])c1cc(F)c(F)c([C@@]2(CF)NCCCC2(F)F)c1. The third kappa shape index (κ3) is 2.35. The minimum atomic E-state index is -3.71. The van der Waals surface area contributed by atoms with Crippen LogP contribution in [0.25, 0.3) is 0 Å². The predicted molar refractivity (Wildman–Crippen MR) is 62.8 cm³/mol. The molecule has 116 valence electrons. The first-order chi connectivity index (χ1) is 9.75. The Bertz CT molecular complexity index is 581. The van der Waals surface area contributed by atoms with E-state index in [1.165, 1.54) is 0 Å². The summed E-state index contributed by atoms with van der Waals surface area (Å²) in [5.74, 6) is -7.09. The Labute approximate surface area is 116 Å². The summed E-state index contributed by atoms with van der Waals surface area (Å²) in [6, 6.07) is 0.718. The Hall–Kier alpha value is -1.77. The van der Waals surface area contributed by atoms with Crippen molar-refractivity contribution in [3.8, 4) is 0 Å². The summed E-state index contributed by atoms with van der Waals surface area (Å²) >= 11 is 0. The van der Waals surface area contributed by atoms with E-state index in [0.29, 0.717) is 6.07 Å². The summed E-state index contributed by atoms with van der Waals surface area (Å²) in [7, 11) is 0. The Kier molecular flexibility index (Phi) is 3.87. The summed E-state index contributed by atoms with van der Waals surface area (Å²) < 4.78 is 68.9. The highest BCUT2D eigenvalue weighted by molar-refractivity contribution is 5.42. The van der Waals surface area contributed by atoms with E-state index >= 15 is 0 Å². The smallest absolute Gasteiger partial charge is 0.272 e. The number of rotatable bonds is 3. The molecular weight excluding hydrogens is 299 g/mol.